The Hall–Kier alpha value is -2.45. The summed E-state index contributed by atoms with van der Waals surface area (Å²) >= 11 is 0. The molecule has 0 saturated carbocycles. The lowest BCUT2D eigenvalue weighted by Gasteiger charge is -2.16. The van der Waals surface area contributed by atoms with Crippen LogP contribution in [0.15, 0.2) is 33.7 Å². The summed E-state index contributed by atoms with van der Waals surface area (Å²) in [4.78, 5) is 11.9. The molecule has 28 heavy (non-hydrogen) atoms. The summed E-state index contributed by atoms with van der Waals surface area (Å²) in [5.41, 5.74) is 1.94. The molecule has 0 aliphatic carbocycles. The molecule has 2 rings (SSSR count). The Morgan fingerprint density at radius 2 is 1.89 bits per heavy atom. The minimum absolute atomic E-state index is 0.122. The quantitative estimate of drug-likeness (QED) is 0.682. The molecule has 1 aromatic carbocycles. The number of nitrogens with one attached hydrogen (secondary N) is 1. The van der Waals surface area contributed by atoms with Crippen LogP contribution in [0.2, 0.25) is 0 Å². The van der Waals surface area contributed by atoms with Gasteiger partial charge in [-0.2, -0.15) is 0 Å². The van der Waals surface area contributed by atoms with Crippen molar-refractivity contribution in [2.75, 3.05) is 18.9 Å². The van der Waals surface area contributed by atoms with Crippen LogP contribution in [0, 0.1) is 6.92 Å². The van der Waals surface area contributed by atoms with Crippen molar-refractivity contribution < 1.29 is 17.7 Å². The van der Waals surface area contributed by atoms with Gasteiger partial charge in [0.15, 0.2) is 5.76 Å². The number of sulfonamides is 1. The Morgan fingerprint density at radius 1 is 1.21 bits per heavy atom. The monoisotopic (exact) mass is 405 g/mol. The van der Waals surface area contributed by atoms with Crippen molar-refractivity contribution in [2.45, 2.75) is 44.9 Å². The Bertz CT molecular complexity index is 931. The lowest BCUT2D eigenvalue weighted by Crippen LogP contribution is -2.27. The fraction of sp³-hybridized carbons (Fsp3) is 0.400. The van der Waals surface area contributed by atoms with Gasteiger partial charge in [0.05, 0.1) is 4.90 Å². The van der Waals surface area contributed by atoms with E-state index in [0.29, 0.717) is 30.1 Å². The number of benzene rings is 1. The van der Waals surface area contributed by atoms with E-state index in [2.05, 4.69) is 10.5 Å². The molecule has 0 atom stereocenters. The summed E-state index contributed by atoms with van der Waals surface area (Å²) in [6.45, 7) is 6.04. The third kappa shape index (κ3) is 5.30. The number of carbonyl (C=O) groups is 1. The third-order valence-corrected chi connectivity index (χ3v) is 6.19. The van der Waals surface area contributed by atoms with Crippen LogP contribution in [0.5, 0.6) is 0 Å². The normalized spacial score (nSPS) is 12.0. The largest absolute Gasteiger partial charge is 0.354 e. The summed E-state index contributed by atoms with van der Waals surface area (Å²) in [6.07, 6.45) is 5.59. The zero-order valence-corrected chi connectivity index (χ0v) is 17.5. The smallest absolute Gasteiger partial charge is 0.242 e. The van der Waals surface area contributed by atoms with E-state index in [1.54, 1.807) is 57.3 Å². The molecule has 0 fully saturated rings. The van der Waals surface area contributed by atoms with Crippen molar-refractivity contribution in [2.24, 2.45) is 0 Å². The summed E-state index contributed by atoms with van der Waals surface area (Å²) in [5.74, 6) is 0.318. The molecule has 0 unspecified atom stereocenters. The second kappa shape index (κ2) is 9.66. The zero-order valence-electron chi connectivity index (χ0n) is 16.7. The van der Waals surface area contributed by atoms with Gasteiger partial charge < -0.3 is 9.84 Å². The van der Waals surface area contributed by atoms with Crippen LogP contribution in [0.3, 0.4) is 0 Å². The fourth-order valence-corrected chi connectivity index (χ4v) is 3.69. The Labute approximate surface area is 166 Å². The number of anilines is 1. The molecule has 1 aromatic heterocycles. The molecular weight excluding hydrogens is 378 g/mol. The Balaban J connectivity index is 2.16. The van der Waals surface area contributed by atoms with Crippen molar-refractivity contribution in [1.82, 2.24) is 9.46 Å². The summed E-state index contributed by atoms with van der Waals surface area (Å²) in [7, 11) is -1.89. The first-order valence-corrected chi connectivity index (χ1v) is 10.7. The molecule has 0 aliphatic heterocycles. The van der Waals surface area contributed by atoms with E-state index >= 15 is 0 Å². The molecule has 0 bridgehead atoms. The number of nitrogens with zero attached hydrogens (tertiary/aromatic N) is 2. The van der Waals surface area contributed by atoms with Crippen molar-refractivity contribution in [3.8, 4) is 0 Å². The summed E-state index contributed by atoms with van der Waals surface area (Å²) in [5, 5.41) is 6.65. The molecule has 7 nitrogen and oxygen atoms in total. The average molecular weight is 406 g/mol. The highest BCUT2D eigenvalue weighted by molar-refractivity contribution is 7.89. The molecule has 2 aromatic rings. The number of rotatable bonds is 9. The predicted molar refractivity (Wildman–Crippen MR) is 110 cm³/mol. The van der Waals surface area contributed by atoms with Gasteiger partial charge in [-0.05, 0) is 37.1 Å². The highest BCUT2D eigenvalue weighted by atomic mass is 32.2. The highest BCUT2D eigenvalue weighted by Crippen LogP contribution is 2.23. The number of hydrogen-bond acceptors (Lipinski definition) is 5. The second-order valence-corrected chi connectivity index (χ2v) is 8.54. The lowest BCUT2D eigenvalue weighted by atomic mass is 10.2. The van der Waals surface area contributed by atoms with Crippen LogP contribution >= 0.6 is 0 Å². The number of hydrogen-bond donors (Lipinski definition) is 1. The van der Waals surface area contributed by atoms with Gasteiger partial charge in [0.1, 0.15) is 11.4 Å². The molecule has 152 valence electrons. The first kappa shape index (κ1) is 21.8. The molecule has 1 amide bonds. The van der Waals surface area contributed by atoms with Crippen LogP contribution in [-0.4, -0.2) is 37.4 Å². The average Bonchev–Trinajstić information content (AvgIpc) is 3.04. The number of unbranched alkanes of at least 4 members (excludes halogenated alkanes) is 1. The van der Waals surface area contributed by atoms with Crippen molar-refractivity contribution >= 4 is 33.8 Å². The van der Waals surface area contributed by atoms with E-state index < -0.39 is 10.0 Å². The standard InChI is InChI=1S/C20H27N3O4S/c1-5-7-14-23(4)28(25,26)17-11-8-16(9-12-17)10-13-18-20(15(3)22-27-18)21-19(24)6-2/h8-13H,5-7,14H2,1-4H3,(H,21,24). The second-order valence-electron chi connectivity index (χ2n) is 6.49. The maximum Gasteiger partial charge on any atom is 0.242 e. The van der Waals surface area contributed by atoms with Gasteiger partial charge in [0, 0.05) is 20.0 Å². The van der Waals surface area contributed by atoms with E-state index in [1.807, 2.05) is 6.92 Å². The van der Waals surface area contributed by atoms with Crippen LogP contribution in [0.1, 0.15) is 50.1 Å². The van der Waals surface area contributed by atoms with Gasteiger partial charge in [-0.15, -0.1) is 0 Å². The van der Waals surface area contributed by atoms with Gasteiger partial charge in [-0.3, -0.25) is 4.79 Å². The number of carbonyl (C=O) groups excluding carboxylic acids is 1. The summed E-state index contributed by atoms with van der Waals surface area (Å²) in [6, 6.07) is 6.63. The molecule has 8 heteroatoms. The maximum absolute atomic E-state index is 12.6. The van der Waals surface area contributed by atoms with Crippen molar-refractivity contribution in [3.63, 3.8) is 0 Å². The first-order valence-electron chi connectivity index (χ1n) is 9.30. The number of aromatic nitrogens is 1. The summed E-state index contributed by atoms with van der Waals surface area (Å²) < 4.78 is 31.7. The van der Waals surface area contributed by atoms with Gasteiger partial charge >= 0.3 is 0 Å². The highest BCUT2D eigenvalue weighted by Gasteiger charge is 2.19. The minimum Gasteiger partial charge on any atom is -0.354 e. The topological polar surface area (TPSA) is 92.5 Å². The van der Waals surface area contributed by atoms with Gasteiger partial charge in [-0.25, -0.2) is 12.7 Å². The van der Waals surface area contributed by atoms with Crippen LogP contribution in [-0.2, 0) is 14.8 Å². The van der Waals surface area contributed by atoms with E-state index in [-0.39, 0.29) is 10.8 Å². The Morgan fingerprint density at radius 3 is 2.50 bits per heavy atom. The first-order chi connectivity index (χ1) is 13.3. The zero-order chi connectivity index (χ0) is 20.7. The molecular formula is C20H27N3O4S. The predicted octanol–water partition coefficient (Wildman–Crippen LogP) is 3.92. The van der Waals surface area contributed by atoms with Gasteiger partial charge in [0.2, 0.25) is 15.9 Å². The number of amides is 1. The number of aryl methyl sites for hydroxylation is 1. The maximum atomic E-state index is 12.6. The molecule has 0 radical (unpaired) electrons. The van der Waals surface area contributed by atoms with E-state index in [9.17, 15) is 13.2 Å². The minimum atomic E-state index is -3.48. The molecule has 1 N–H and O–H groups in total. The van der Waals surface area contributed by atoms with E-state index in [4.69, 9.17) is 4.52 Å². The van der Waals surface area contributed by atoms with E-state index in [0.717, 1.165) is 18.4 Å². The molecule has 0 spiro atoms. The van der Waals surface area contributed by atoms with Crippen LogP contribution < -0.4 is 5.32 Å². The molecule has 0 aliphatic rings. The van der Waals surface area contributed by atoms with Crippen molar-refractivity contribution in [3.05, 3.63) is 41.3 Å². The van der Waals surface area contributed by atoms with Crippen LogP contribution in [0.25, 0.3) is 12.2 Å². The van der Waals surface area contributed by atoms with Crippen molar-refractivity contribution in [1.29, 1.82) is 0 Å². The SMILES string of the molecule is CCCCN(C)S(=O)(=O)c1ccc(C=Cc2onc(C)c2NC(=O)CC)cc1. The fourth-order valence-electron chi connectivity index (χ4n) is 2.48. The molecule has 1 heterocycles. The van der Waals surface area contributed by atoms with Gasteiger partial charge in [-0.1, -0.05) is 43.6 Å². The van der Waals surface area contributed by atoms with Gasteiger partial charge in [0.25, 0.3) is 0 Å². The van der Waals surface area contributed by atoms with E-state index in [1.165, 1.54) is 4.31 Å². The lowest BCUT2D eigenvalue weighted by molar-refractivity contribution is -0.115. The third-order valence-electron chi connectivity index (χ3n) is 4.32. The van der Waals surface area contributed by atoms with Crippen LogP contribution in [0.4, 0.5) is 5.69 Å². The molecule has 0 saturated heterocycles. The Kier molecular flexibility index (Phi) is 7.53.